The number of carbonyl (C=O) groups is 1. The van der Waals surface area contributed by atoms with Gasteiger partial charge in [0.25, 0.3) is 0 Å². The first-order valence-electron chi connectivity index (χ1n) is 15.0. The predicted octanol–water partition coefficient (Wildman–Crippen LogP) is 12.1. The Bertz CT molecular complexity index is 1370. The van der Waals surface area contributed by atoms with Crippen LogP contribution in [0.2, 0.25) is 0 Å². The fourth-order valence-electron chi connectivity index (χ4n) is 4.66. The molecule has 0 aromatic heterocycles. The second-order valence-corrected chi connectivity index (χ2v) is 11.0. The molecular weight excluding hydrogens is 739 g/mol. The highest BCUT2D eigenvalue weighted by Gasteiger charge is 2.87. The van der Waals surface area contributed by atoms with Gasteiger partial charge in [-0.25, -0.2) is 13.6 Å². The Morgan fingerprint density at radius 1 is 0.549 bits per heavy atom. The normalized spacial score (nSPS) is 13.1. The molecule has 1 aromatic carbocycles. The summed E-state index contributed by atoms with van der Waals surface area (Å²) >= 11 is 0. The number of hydrogen-bond acceptors (Lipinski definition) is 2. The molecule has 0 spiro atoms. The Hall–Kier alpha value is -3.64. The van der Waals surface area contributed by atoms with Crippen LogP contribution in [0.4, 0.5) is 74.6 Å². The van der Waals surface area contributed by atoms with Gasteiger partial charge in [0.05, 0.1) is 16.7 Å². The molecule has 1 aromatic rings. The molecule has 51 heavy (non-hydrogen) atoms. The highest BCUT2D eigenvalue weighted by Crippen LogP contribution is 2.64. The number of rotatable bonds is 14. The lowest BCUT2D eigenvalue weighted by atomic mass is 9.76. The van der Waals surface area contributed by atoms with Gasteiger partial charge in [0.15, 0.2) is 0 Å². The molecule has 0 N–H and O–H groups in total. The van der Waals surface area contributed by atoms with Gasteiger partial charge in [0.1, 0.15) is 6.11 Å². The van der Waals surface area contributed by atoms with Crippen molar-refractivity contribution in [3.8, 4) is 23.9 Å². The van der Waals surface area contributed by atoms with Gasteiger partial charge < -0.3 is 4.74 Å². The SMILES string of the molecule is CCCCCCCCCCCCC#CC#COC(=O)c1ccc(C(=C(C(F)(C(F)(F)F)C(F)(F)F)C(F)(C(F)(F)F)C(F)(F)F)C(F)(F)F)cc1. The minimum atomic E-state index is -8.23. The van der Waals surface area contributed by atoms with Gasteiger partial charge in [-0.2, -0.15) is 65.9 Å². The molecule has 0 aliphatic rings. The van der Waals surface area contributed by atoms with E-state index < -0.39 is 82.6 Å². The van der Waals surface area contributed by atoms with Crippen LogP contribution in [0.1, 0.15) is 93.5 Å². The molecule has 288 valence electrons. The van der Waals surface area contributed by atoms with Crippen molar-refractivity contribution in [2.45, 2.75) is 120 Å². The molecule has 2 nitrogen and oxygen atoms in total. The predicted molar refractivity (Wildman–Crippen MR) is 149 cm³/mol. The van der Waals surface area contributed by atoms with Crippen molar-refractivity contribution in [1.82, 2.24) is 0 Å². The number of halogens is 17. The summed E-state index contributed by atoms with van der Waals surface area (Å²) in [6.45, 7) is 2.12. The maximum Gasteiger partial charge on any atom is 0.435 e. The van der Waals surface area contributed by atoms with Crippen molar-refractivity contribution < 1.29 is 84.2 Å². The largest absolute Gasteiger partial charge is 0.435 e. The van der Waals surface area contributed by atoms with Crippen LogP contribution in [-0.4, -0.2) is 48.2 Å². The quantitative estimate of drug-likeness (QED) is 0.0815. The molecule has 19 heteroatoms. The Morgan fingerprint density at radius 3 is 1.29 bits per heavy atom. The molecule has 0 unspecified atom stereocenters. The summed E-state index contributed by atoms with van der Waals surface area (Å²) in [6.07, 6.45) is -26.7. The number of alkyl halides is 17. The molecule has 0 aliphatic carbocycles. The Balaban J connectivity index is 3.42. The van der Waals surface area contributed by atoms with Crippen molar-refractivity contribution in [2.75, 3.05) is 0 Å². The molecule has 0 bridgehead atoms. The van der Waals surface area contributed by atoms with Crippen molar-refractivity contribution in [1.29, 1.82) is 0 Å². The van der Waals surface area contributed by atoms with Crippen LogP contribution < -0.4 is 0 Å². The highest BCUT2D eigenvalue weighted by atomic mass is 19.4. The molecule has 0 radical (unpaired) electrons. The smallest absolute Gasteiger partial charge is 0.367 e. The highest BCUT2D eigenvalue weighted by molar-refractivity contribution is 5.91. The van der Waals surface area contributed by atoms with E-state index in [1.165, 1.54) is 19.3 Å². The number of ether oxygens (including phenoxy) is 1. The molecule has 0 saturated carbocycles. The Labute approximate surface area is 280 Å². The van der Waals surface area contributed by atoms with Crippen molar-refractivity contribution in [2.24, 2.45) is 0 Å². The number of hydrogen-bond donors (Lipinski definition) is 0. The molecule has 0 atom stereocenters. The molecule has 0 saturated heterocycles. The molecule has 0 amide bonds. The zero-order valence-electron chi connectivity index (χ0n) is 26.3. The first-order valence-corrected chi connectivity index (χ1v) is 15.0. The second kappa shape index (κ2) is 17.7. The third kappa shape index (κ3) is 11.4. The van der Waals surface area contributed by atoms with Crippen LogP contribution in [0.15, 0.2) is 29.8 Å². The Morgan fingerprint density at radius 2 is 0.922 bits per heavy atom. The van der Waals surface area contributed by atoms with Crippen molar-refractivity contribution in [3.63, 3.8) is 0 Å². The van der Waals surface area contributed by atoms with Gasteiger partial charge in [-0.15, -0.1) is 0 Å². The average Bonchev–Trinajstić information content (AvgIpc) is 2.98. The summed E-state index contributed by atoms with van der Waals surface area (Å²) in [5, 5.41) is 0. The van der Waals surface area contributed by atoms with Crippen LogP contribution >= 0.6 is 0 Å². The number of benzene rings is 1. The minimum absolute atomic E-state index is 0.0295. The van der Waals surface area contributed by atoms with Gasteiger partial charge in [-0.1, -0.05) is 82.8 Å². The van der Waals surface area contributed by atoms with Gasteiger partial charge >= 0.3 is 48.2 Å². The first-order chi connectivity index (χ1) is 23.2. The summed E-state index contributed by atoms with van der Waals surface area (Å²) in [5.41, 5.74) is -29.6. The first kappa shape index (κ1) is 45.4. The van der Waals surface area contributed by atoms with Crippen LogP contribution in [0.25, 0.3) is 5.57 Å². The summed E-state index contributed by atoms with van der Waals surface area (Å²) in [7, 11) is 0. The lowest BCUT2D eigenvalue weighted by molar-refractivity contribution is -0.363. The lowest BCUT2D eigenvalue weighted by Gasteiger charge is -2.41. The van der Waals surface area contributed by atoms with E-state index in [9.17, 15) is 79.4 Å². The number of unbranched alkanes of at least 4 members (excludes halogenated alkanes) is 10. The van der Waals surface area contributed by atoms with Crippen molar-refractivity contribution in [3.05, 3.63) is 41.0 Å². The average molecular weight is 769 g/mol. The van der Waals surface area contributed by atoms with E-state index >= 15 is 0 Å². The van der Waals surface area contributed by atoms with Crippen LogP contribution in [0.3, 0.4) is 0 Å². The van der Waals surface area contributed by atoms with Gasteiger partial charge in [-0.05, 0) is 30.0 Å². The third-order valence-corrected chi connectivity index (χ3v) is 7.20. The number of carbonyl (C=O) groups excluding carboxylic acids is 1. The zero-order valence-corrected chi connectivity index (χ0v) is 26.3. The third-order valence-electron chi connectivity index (χ3n) is 7.20. The number of allylic oxidation sites excluding steroid dienone is 2. The van der Waals surface area contributed by atoms with E-state index in [2.05, 4.69) is 29.4 Å². The van der Waals surface area contributed by atoms with Gasteiger partial charge in [0, 0.05) is 12.3 Å². The molecule has 0 fully saturated rings. The summed E-state index contributed by atoms with van der Waals surface area (Å²) in [5.74, 6) is 5.38. The van der Waals surface area contributed by atoms with Gasteiger partial charge in [-0.3, -0.25) is 0 Å². The topological polar surface area (TPSA) is 26.3 Å². The van der Waals surface area contributed by atoms with Crippen LogP contribution in [-0.2, 0) is 4.74 Å². The van der Waals surface area contributed by atoms with Crippen LogP contribution in [0, 0.1) is 23.9 Å². The van der Waals surface area contributed by atoms with E-state index in [1.807, 2.05) is 0 Å². The van der Waals surface area contributed by atoms with E-state index in [1.54, 1.807) is 6.11 Å². The summed E-state index contributed by atoms with van der Waals surface area (Å²) < 4.78 is 237. The molecule has 0 heterocycles. The van der Waals surface area contributed by atoms with E-state index in [0.29, 0.717) is 6.42 Å². The lowest BCUT2D eigenvalue weighted by Crippen LogP contribution is -2.66. The van der Waals surface area contributed by atoms with E-state index in [-0.39, 0.29) is 12.1 Å². The van der Waals surface area contributed by atoms with E-state index in [4.69, 9.17) is 0 Å². The zero-order chi connectivity index (χ0) is 39.5. The monoisotopic (exact) mass is 768 g/mol. The standard InChI is InChI=1S/C32H29F17O2/c1-2-3-4-5-6-7-8-9-10-11-12-13-14-15-20-51-25(50)22-18-16-21(17-19-22)23(28(35,36)37)24(26(33,29(38,39)40)30(41,42)43)27(34,31(44,45)46)32(47,48)49/h16-19H,2-12H2,1H3. The van der Waals surface area contributed by atoms with Crippen molar-refractivity contribution >= 4 is 11.5 Å². The maximum absolute atomic E-state index is 14.9. The molecule has 0 aliphatic heterocycles. The van der Waals surface area contributed by atoms with E-state index in [0.717, 1.165) is 44.9 Å². The fraction of sp³-hybridized carbons (Fsp3) is 0.594. The van der Waals surface area contributed by atoms with Crippen LogP contribution in [0.5, 0.6) is 0 Å². The van der Waals surface area contributed by atoms with Gasteiger partial charge in [0.2, 0.25) is 0 Å². The Kier molecular flexibility index (Phi) is 15.8. The summed E-state index contributed by atoms with van der Waals surface area (Å²) in [6, 6.07) is -0.748. The summed E-state index contributed by atoms with van der Waals surface area (Å²) in [4.78, 5) is 12.1. The molecular formula is C32H29F17O2. The molecule has 1 rings (SSSR count). The minimum Gasteiger partial charge on any atom is -0.367 e. The maximum atomic E-state index is 14.9. The second-order valence-electron chi connectivity index (χ2n) is 11.0. The number of esters is 1. The fourth-order valence-corrected chi connectivity index (χ4v) is 4.66.